The molecule has 8 nitrogen and oxygen atoms in total. The first-order valence-corrected chi connectivity index (χ1v) is 12.2. The number of benzene rings is 1. The average molecular weight is 620 g/mol. The number of alkyl halides is 9. The normalized spacial score (nSPS) is 14.5. The highest BCUT2D eigenvalue weighted by atomic mass is 32.1. The second kappa shape index (κ2) is 13.3. The van der Waals surface area contributed by atoms with Gasteiger partial charge in [0.15, 0.2) is 0 Å². The number of hydrogen-bond donors (Lipinski definition) is 2. The van der Waals surface area contributed by atoms with Crippen molar-refractivity contribution in [2.24, 2.45) is 0 Å². The molecule has 1 saturated heterocycles. The molecule has 0 amide bonds. The van der Waals surface area contributed by atoms with E-state index in [2.05, 4.69) is 26.7 Å². The van der Waals surface area contributed by atoms with Crippen LogP contribution in [0.5, 0.6) is 0 Å². The van der Waals surface area contributed by atoms with Gasteiger partial charge in [-0.1, -0.05) is 19.1 Å². The van der Waals surface area contributed by atoms with E-state index in [0.29, 0.717) is 5.56 Å². The molecule has 4 rings (SSSR count). The second-order valence-corrected chi connectivity index (χ2v) is 8.99. The van der Waals surface area contributed by atoms with Gasteiger partial charge in [0, 0.05) is 37.1 Å². The zero-order chi connectivity index (χ0) is 31.2. The summed E-state index contributed by atoms with van der Waals surface area (Å²) in [6.07, 6.45) is -13.0. The van der Waals surface area contributed by atoms with E-state index in [1.165, 1.54) is 29.8 Å². The van der Waals surface area contributed by atoms with Gasteiger partial charge in [-0.05, 0) is 24.2 Å². The van der Waals surface area contributed by atoms with Gasteiger partial charge in [0.2, 0.25) is 0 Å². The van der Waals surface area contributed by atoms with Gasteiger partial charge in [0.05, 0.1) is 10.9 Å². The molecule has 0 aliphatic carbocycles. The highest BCUT2D eigenvalue weighted by molar-refractivity contribution is 7.17. The fraction of sp³-hybridized carbons (Fsp3) is 0.391. The Balaban J connectivity index is 0.000000349. The molecule has 2 aromatic heterocycles. The van der Waals surface area contributed by atoms with Crippen LogP contribution in [0.1, 0.15) is 12.5 Å². The molecule has 3 heterocycles. The smallest absolute Gasteiger partial charge is 0.475 e. The lowest BCUT2D eigenvalue weighted by atomic mass is 10.0. The van der Waals surface area contributed by atoms with E-state index < -0.39 is 36.0 Å². The third-order valence-electron chi connectivity index (χ3n) is 5.46. The summed E-state index contributed by atoms with van der Waals surface area (Å²) in [5, 5.41) is 17.0. The fourth-order valence-electron chi connectivity index (χ4n) is 3.45. The zero-order valence-corrected chi connectivity index (χ0v) is 21.6. The van der Waals surface area contributed by atoms with Crippen molar-refractivity contribution < 1.29 is 59.3 Å². The summed E-state index contributed by atoms with van der Waals surface area (Å²) < 4.78 is 103. The minimum absolute atomic E-state index is 0.541. The molecule has 1 aromatic carbocycles. The molecule has 0 saturated carbocycles. The van der Waals surface area contributed by atoms with Crippen LogP contribution in [0.2, 0.25) is 0 Å². The summed E-state index contributed by atoms with van der Waals surface area (Å²) in [5.41, 5.74) is 0.656. The Morgan fingerprint density at radius 2 is 1.44 bits per heavy atom. The topological polar surface area (TPSA) is 107 Å². The Morgan fingerprint density at radius 3 is 1.90 bits per heavy atom. The standard InChI is InChI=1S/C19H19F3N4S.2C2HF3O2/c1-2-25-6-8-26(9-7-25)17-16-15(11-27-18(16)24-12-23-17)13-4-3-5-14(10-13)19(20,21)22;2*3-2(4,5)1(6)7/h3-5,10-12H,2,6-9H2,1H3;2*(H,6,7). The van der Waals surface area contributed by atoms with Crippen molar-refractivity contribution >= 4 is 39.3 Å². The number of carbonyl (C=O) groups is 2. The lowest BCUT2D eigenvalue weighted by molar-refractivity contribution is -0.193. The van der Waals surface area contributed by atoms with Crippen LogP contribution in [0.4, 0.5) is 45.3 Å². The first-order valence-electron chi connectivity index (χ1n) is 11.3. The lowest BCUT2D eigenvalue weighted by Gasteiger charge is -2.35. The van der Waals surface area contributed by atoms with Crippen molar-refractivity contribution in [1.29, 1.82) is 0 Å². The highest BCUT2D eigenvalue weighted by Gasteiger charge is 2.39. The molecule has 0 spiro atoms. The first-order chi connectivity index (χ1) is 18.9. The molecule has 0 bridgehead atoms. The van der Waals surface area contributed by atoms with E-state index in [-0.39, 0.29) is 0 Å². The number of hydrogen-bond acceptors (Lipinski definition) is 7. The van der Waals surface area contributed by atoms with Crippen LogP contribution in [-0.4, -0.2) is 82.1 Å². The minimum atomic E-state index is -5.08. The largest absolute Gasteiger partial charge is 0.490 e. The van der Waals surface area contributed by atoms with Crippen LogP contribution in [0.15, 0.2) is 36.0 Å². The Morgan fingerprint density at radius 1 is 0.902 bits per heavy atom. The van der Waals surface area contributed by atoms with Gasteiger partial charge in [-0.2, -0.15) is 39.5 Å². The number of aromatic nitrogens is 2. The number of aliphatic carboxylic acids is 2. The Kier molecular flexibility index (Phi) is 10.9. The van der Waals surface area contributed by atoms with Crippen molar-refractivity contribution in [3.05, 3.63) is 41.5 Å². The lowest BCUT2D eigenvalue weighted by Crippen LogP contribution is -2.46. The molecule has 0 atom stereocenters. The number of thiophene rings is 1. The number of rotatable bonds is 3. The molecule has 1 aliphatic heterocycles. The second-order valence-electron chi connectivity index (χ2n) is 8.13. The van der Waals surface area contributed by atoms with Gasteiger partial charge in [0.1, 0.15) is 17.0 Å². The number of piperazine rings is 1. The van der Waals surface area contributed by atoms with E-state index in [0.717, 1.165) is 60.4 Å². The van der Waals surface area contributed by atoms with E-state index >= 15 is 0 Å². The van der Waals surface area contributed by atoms with Crippen LogP contribution >= 0.6 is 11.3 Å². The molecule has 2 N–H and O–H groups in total. The molecular weight excluding hydrogens is 599 g/mol. The zero-order valence-electron chi connectivity index (χ0n) is 20.8. The summed E-state index contributed by atoms with van der Waals surface area (Å²) in [6, 6.07) is 5.46. The third kappa shape index (κ3) is 9.44. The van der Waals surface area contributed by atoms with Crippen LogP contribution < -0.4 is 4.90 Å². The van der Waals surface area contributed by atoms with Crippen molar-refractivity contribution in [3.63, 3.8) is 0 Å². The van der Waals surface area contributed by atoms with Gasteiger partial charge in [-0.3, -0.25) is 0 Å². The van der Waals surface area contributed by atoms with Gasteiger partial charge in [0.25, 0.3) is 0 Å². The molecule has 41 heavy (non-hydrogen) atoms. The predicted molar refractivity (Wildman–Crippen MR) is 130 cm³/mol. The maximum atomic E-state index is 13.1. The maximum Gasteiger partial charge on any atom is 0.490 e. The van der Waals surface area contributed by atoms with Gasteiger partial charge in [-0.15, -0.1) is 11.3 Å². The predicted octanol–water partition coefficient (Wildman–Crippen LogP) is 5.79. The molecular formula is C23H21F9N4O4S. The van der Waals surface area contributed by atoms with Gasteiger partial charge in [-0.25, -0.2) is 19.6 Å². The summed E-state index contributed by atoms with van der Waals surface area (Å²) >= 11 is 1.44. The van der Waals surface area contributed by atoms with E-state index in [4.69, 9.17) is 19.8 Å². The van der Waals surface area contributed by atoms with Crippen LogP contribution in [-0.2, 0) is 15.8 Å². The average Bonchev–Trinajstić information content (AvgIpc) is 3.32. The summed E-state index contributed by atoms with van der Waals surface area (Å²) in [4.78, 5) is 32.0. The van der Waals surface area contributed by atoms with Crippen molar-refractivity contribution in [2.45, 2.75) is 25.5 Å². The maximum absolute atomic E-state index is 13.1. The SMILES string of the molecule is CCN1CCN(c2ncnc3scc(-c4cccc(C(F)(F)F)c4)c23)CC1.O=C(O)C(F)(F)F.O=C(O)C(F)(F)F. The van der Waals surface area contributed by atoms with E-state index in [1.807, 2.05) is 5.38 Å². The summed E-state index contributed by atoms with van der Waals surface area (Å²) in [7, 11) is 0. The molecule has 3 aromatic rings. The number of halogens is 9. The van der Waals surface area contributed by atoms with Crippen molar-refractivity contribution in [3.8, 4) is 11.1 Å². The molecule has 18 heteroatoms. The van der Waals surface area contributed by atoms with Gasteiger partial charge >= 0.3 is 30.5 Å². The summed E-state index contributed by atoms with van der Waals surface area (Å²) in [5.74, 6) is -4.70. The molecule has 1 aliphatic rings. The monoisotopic (exact) mass is 620 g/mol. The molecule has 0 unspecified atom stereocenters. The number of anilines is 1. The number of carboxylic acids is 2. The Labute approximate surface area is 229 Å². The minimum Gasteiger partial charge on any atom is -0.475 e. The van der Waals surface area contributed by atoms with Crippen LogP contribution in [0.3, 0.4) is 0 Å². The number of fused-ring (bicyclic) bond motifs is 1. The Hall–Kier alpha value is -3.67. The number of nitrogens with zero attached hydrogens (tertiary/aromatic N) is 4. The number of likely N-dealkylation sites (N-methyl/N-ethyl adjacent to an activating group) is 1. The Bertz CT molecular complexity index is 1310. The molecule has 1 fully saturated rings. The van der Waals surface area contributed by atoms with E-state index in [1.54, 1.807) is 6.07 Å². The third-order valence-corrected chi connectivity index (χ3v) is 6.34. The fourth-order valence-corrected chi connectivity index (χ4v) is 4.36. The molecule has 0 radical (unpaired) electrons. The number of carboxylic acid groups (broad SMARTS) is 2. The van der Waals surface area contributed by atoms with Crippen molar-refractivity contribution in [2.75, 3.05) is 37.6 Å². The molecule has 226 valence electrons. The van der Waals surface area contributed by atoms with E-state index in [9.17, 15) is 39.5 Å². The van der Waals surface area contributed by atoms with Gasteiger partial charge < -0.3 is 20.0 Å². The van der Waals surface area contributed by atoms with Crippen LogP contribution in [0.25, 0.3) is 21.3 Å². The van der Waals surface area contributed by atoms with Crippen LogP contribution in [0, 0.1) is 0 Å². The first kappa shape index (κ1) is 33.5. The van der Waals surface area contributed by atoms with Crippen molar-refractivity contribution in [1.82, 2.24) is 14.9 Å². The summed E-state index contributed by atoms with van der Waals surface area (Å²) in [6.45, 7) is 6.75. The highest BCUT2D eigenvalue weighted by Crippen LogP contribution is 2.40. The quantitative estimate of drug-likeness (QED) is 0.355.